The molecular formula is C12H19N5O. The number of fused-ring (bicyclic) bond motifs is 1. The summed E-state index contributed by atoms with van der Waals surface area (Å²) in [5.41, 5.74) is 4.95. The van der Waals surface area contributed by atoms with Crippen LogP contribution in [0.15, 0.2) is 18.6 Å². The molecule has 6 nitrogen and oxygen atoms in total. The van der Waals surface area contributed by atoms with Crippen LogP contribution in [0.3, 0.4) is 0 Å². The van der Waals surface area contributed by atoms with Gasteiger partial charge in [-0.15, -0.1) is 0 Å². The number of imidazole rings is 1. The Morgan fingerprint density at radius 1 is 1.33 bits per heavy atom. The molecule has 2 rings (SSSR count). The van der Waals surface area contributed by atoms with Crippen molar-refractivity contribution < 1.29 is 5.11 Å². The Kier molecular flexibility index (Phi) is 2.70. The maximum Gasteiger partial charge on any atom is 0.180 e. The molecule has 2 heterocycles. The number of anilines is 2. The van der Waals surface area contributed by atoms with E-state index in [2.05, 4.69) is 15.3 Å². The molecule has 0 saturated carbocycles. The fourth-order valence-corrected chi connectivity index (χ4v) is 1.48. The number of rotatable bonds is 3. The van der Waals surface area contributed by atoms with E-state index in [1.54, 1.807) is 36.8 Å². The maximum absolute atomic E-state index is 10.1. The molecule has 0 aliphatic carbocycles. The number of nitrogens with one attached hydrogen (secondary N) is 1. The summed E-state index contributed by atoms with van der Waals surface area (Å²) in [5, 5.41) is 13.4. The average Bonchev–Trinajstić information content (AvgIpc) is 2.62. The molecule has 0 fully saturated rings. The van der Waals surface area contributed by atoms with Crippen molar-refractivity contribution in [2.45, 2.75) is 38.8 Å². The normalized spacial score (nSPS) is 12.9. The van der Waals surface area contributed by atoms with Gasteiger partial charge in [0.25, 0.3) is 0 Å². The van der Waals surface area contributed by atoms with Gasteiger partial charge in [-0.25, -0.2) is 9.97 Å². The Bertz CT molecular complexity index is 567. The summed E-state index contributed by atoms with van der Waals surface area (Å²) in [6.45, 7) is 7.29. The smallest absolute Gasteiger partial charge is 0.180 e. The number of hydrogen-bond donors (Lipinski definition) is 3. The highest BCUT2D eigenvalue weighted by atomic mass is 16.3. The highest BCUT2D eigenvalue weighted by molar-refractivity contribution is 5.65. The van der Waals surface area contributed by atoms with E-state index in [-0.39, 0.29) is 0 Å². The molecular weight excluding hydrogens is 230 g/mol. The van der Waals surface area contributed by atoms with E-state index in [0.29, 0.717) is 17.3 Å². The lowest BCUT2D eigenvalue weighted by atomic mass is 9.86. The van der Waals surface area contributed by atoms with Gasteiger partial charge in [0.05, 0.1) is 17.3 Å². The Labute approximate surface area is 106 Å². The standard InChI is InChI=1S/C12H19N5O/c1-11(2,12(3,4)18)16-9-10-14-5-6-17(10)7-8(13)15-9/h5-7,18H,13H2,1-4H3,(H,15,16). The van der Waals surface area contributed by atoms with Gasteiger partial charge < -0.3 is 20.6 Å². The van der Waals surface area contributed by atoms with Crippen LogP contribution >= 0.6 is 0 Å². The number of nitrogens with two attached hydrogens (primary N) is 1. The van der Waals surface area contributed by atoms with Crippen LogP contribution in [-0.2, 0) is 0 Å². The first-order valence-corrected chi connectivity index (χ1v) is 5.80. The lowest BCUT2D eigenvalue weighted by molar-refractivity contribution is 0.0239. The molecule has 0 saturated heterocycles. The van der Waals surface area contributed by atoms with E-state index in [1.165, 1.54) is 0 Å². The van der Waals surface area contributed by atoms with Crippen molar-refractivity contribution >= 4 is 17.3 Å². The first-order valence-electron chi connectivity index (χ1n) is 5.80. The maximum atomic E-state index is 10.1. The highest BCUT2D eigenvalue weighted by Gasteiger charge is 2.35. The van der Waals surface area contributed by atoms with Gasteiger partial charge in [0.15, 0.2) is 11.5 Å². The zero-order chi connectivity index (χ0) is 13.6. The Balaban J connectivity index is 2.46. The molecule has 0 atom stereocenters. The van der Waals surface area contributed by atoms with Crippen LogP contribution in [0.4, 0.5) is 11.6 Å². The molecule has 0 unspecified atom stereocenters. The topological polar surface area (TPSA) is 88.5 Å². The molecule has 2 aromatic rings. The van der Waals surface area contributed by atoms with Crippen molar-refractivity contribution in [2.24, 2.45) is 0 Å². The molecule has 0 aliphatic rings. The van der Waals surface area contributed by atoms with Gasteiger partial charge in [-0.2, -0.15) is 0 Å². The minimum Gasteiger partial charge on any atom is -0.388 e. The first kappa shape index (κ1) is 12.6. The van der Waals surface area contributed by atoms with Gasteiger partial charge in [0.1, 0.15) is 5.82 Å². The summed E-state index contributed by atoms with van der Waals surface area (Å²) >= 11 is 0. The van der Waals surface area contributed by atoms with Gasteiger partial charge in [-0.1, -0.05) is 0 Å². The van der Waals surface area contributed by atoms with Gasteiger partial charge >= 0.3 is 0 Å². The SMILES string of the molecule is CC(C)(O)C(C)(C)Nc1nc(N)cn2ccnc12. The third kappa shape index (κ3) is 2.11. The third-order valence-corrected chi connectivity index (χ3v) is 3.35. The molecule has 0 spiro atoms. The second-order valence-corrected chi connectivity index (χ2v) is 5.48. The van der Waals surface area contributed by atoms with Crippen LogP contribution in [0.5, 0.6) is 0 Å². The second-order valence-electron chi connectivity index (χ2n) is 5.48. The molecule has 0 aromatic carbocycles. The summed E-state index contributed by atoms with van der Waals surface area (Å²) in [4.78, 5) is 8.47. The molecule has 18 heavy (non-hydrogen) atoms. The van der Waals surface area contributed by atoms with Crippen LogP contribution in [-0.4, -0.2) is 30.6 Å². The number of aliphatic hydroxyl groups is 1. The van der Waals surface area contributed by atoms with Crippen LogP contribution in [0.25, 0.3) is 5.65 Å². The molecule has 2 aromatic heterocycles. The fourth-order valence-electron chi connectivity index (χ4n) is 1.48. The van der Waals surface area contributed by atoms with E-state index in [1.807, 2.05) is 13.8 Å². The van der Waals surface area contributed by atoms with Crippen molar-refractivity contribution in [1.29, 1.82) is 0 Å². The molecule has 0 radical (unpaired) electrons. The van der Waals surface area contributed by atoms with Crippen molar-refractivity contribution in [1.82, 2.24) is 14.4 Å². The zero-order valence-corrected chi connectivity index (χ0v) is 11.1. The van der Waals surface area contributed by atoms with Crippen molar-refractivity contribution in [2.75, 3.05) is 11.1 Å². The number of nitrogens with zero attached hydrogens (tertiary/aromatic N) is 3. The third-order valence-electron chi connectivity index (χ3n) is 3.35. The van der Waals surface area contributed by atoms with Crippen LogP contribution < -0.4 is 11.1 Å². The summed E-state index contributed by atoms with van der Waals surface area (Å²) in [7, 11) is 0. The van der Waals surface area contributed by atoms with Gasteiger partial charge in [-0.3, -0.25) is 0 Å². The number of aromatic nitrogens is 3. The summed E-state index contributed by atoms with van der Waals surface area (Å²) in [6.07, 6.45) is 5.18. The van der Waals surface area contributed by atoms with E-state index < -0.39 is 11.1 Å². The van der Waals surface area contributed by atoms with Crippen molar-refractivity contribution in [3.8, 4) is 0 Å². The quantitative estimate of drug-likeness (QED) is 0.762. The van der Waals surface area contributed by atoms with Gasteiger partial charge in [0.2, 0.25) is 0 Å². The van der Waals surface area contributed by atoms with E-state index in [9.17, 15) is 5.11 Å². The predicted octanol–water partition coefficient (Wildman–Crippen LogP) is 1.27. The molecule has 98 valence electrons. The monoisotopic (exact) mass is 249 g/mol. The number of nitrogen functional groups attached to an aromatic ring is 1. The van der Waals surface area contributed by atoms with Crippen LogP contribution in [0.1, 0.15) is 27.7 Å². The summed E-state index contributed by atoms with van der Waals surface area (Å²) in [6, 6.07) is 0. The minimum absolute atomic E-state index is 0.398. The fraction of sp³-hybridized carbons (Fsp3) is 0.500. The molecule has 0 aliphatic heterocycles. The Morgan fingerprint density at radius 3 is 2.61 bits per heavy atom. The minimum atomic E-state index is -0.914. The van der Waals surface area contributed by atoms with E-state index in [4.69, 9.17) is 5.73 Å². The Hall–Kier alpha value is -1.82. The highest BCUT2D eigenvalue weighted by Crippen LogP contribution is 2.27. The van der Waals surface area contributed by atoms with Crippen molar-refractivity contribution in [3.05, 3.63) is 18.6 Å². The zero-order valence-electron chi connectivity index (χ0n) is 11.1. The summed E-state index contributed by atoms with van der Waals surface area (Å²) in [5.74, 6) is 0.960. The van der Waals surface area contributed by atoms with E-state index in [0.717, 1.165) is 0 Å². The average molecular weight is 249 g/mol. The first-order chi connectivity index (χ1) is 8.21. The van der Waals surface area contributed by atoms with Crippen LogP contribution in [0, 0.1) is 0 Å². The lowest BCUT2D eigenvalue weighted by Gasteiger charge is -2.38. The lowest BCUT2D eigenvalue weighted by Crippen LogP contribution is -2.51. The molecule has 0 bridgehead atoms. The van der Waals surface area contributed by atoms with Gasteiger partial charge in [0, 0.05) is 12.4 Å². The van der Waals surface area contributed by atoms with E-state index >= 15 is 0 Å². The van der Waals surface area contributed by atoms with Gasteiger partial charge in [-0.05, 0) is 27.7 Å². The molecule has 0 amide bonds. The summed E-state index contributed by atoms with van der Waals surface area (Å²) < 4.78 is 1.80. The predicted molar refractivity (Wildman–Crippen MR) is 71.4 cm³/mol. The number of hydrogen-bond acceptors (Lipinski definition) is 5. The van der Waals surface area contributed by atoms with Crippen molar-refractivity contribution in [3.63, 3.8) is 0 Å². The molecule has 6 heteroatoms. The Morgan fingerprint density at radius 2 is 2.00 bits per heavy atom. The second kappa shape index (κ2) is 3.84. The molecule has 4 N–H and O–H groups in total. The largest absolute Gasteiger partial charge is 0.388 e. The van der Waals surface area contributed by atoms with Crippen LogP contribution in [0.2, 0.25) is 0 Å².